The van der Waals surface area contributed by atoms with Gasteiger partial charge in [0.1, 0.15) is 0 Å². The molecule has 0 bridgehead atoms. The first-order valence-electron chi connectivity index (χ1n) is 1.20. The summed E-state index contributed by atoms with van der Waals surface area (Å²) in [5, 5.41) is 9.61. The zero-order valence-corrected chi connectivity index (χ0v) is 3.62. The van der Waals surface area contributed by atoms with Crippen LogP contribution in [0.25, 0.3) is 0 Å². The van der Waals surface area contributed by atoms with Crippen molar-refractivity contribution in [2.75, 3.05) is 14.1 Å². The van der Waals surface area contributed by atoms with Gasteiger partial charge in [0, 0.05) is 0 Å². The molecule has 0 aliphatic carbocycles. The van der Waals surface area contributed by atoms with Gasteiger partial charge in [-0.15, -0.1) is 0 Å². The van der Waals surface area contributed by atoms with Crippen molar-refractivity contribution in [3.8, 4) is 0 Å². The second kappa shape index (κ2) is 3.88. The normalized spacial score (nSPS) is 7.20. The fourth-order valence-corrected chi connectivity index (χ4v) is 0. The number of quaternary nitrogens is 1. The Bertz CT molecular complexity index is 12.4. The van der Waals surface area contributed by atoms with Crippen LogP contribution >= 0.6 is 0 Å². The minimum atomic E-state index is 0. The van der Waals surface area contributed by atoms with Crippen LogP contribution in [0.3, 0.4) is 0 Å². The quantitative estimate of drug-likeness (QED) is 0.357. The summed E-state index contributed by atoms with van der Waals surface area (Å²) in [6.07, 6.45) is 0. The first-order chi connectivity index (χ1) is 1.73. The molecule has 3 nitrogen and oxygen atoms in total. The average molecular weight is 78.1 g/mol. The van der Waals surface area contributed by atoms with Gasteiger partial charge in [0.25, 0.3) is 0 Å². The summed E-state index contributed by atoms with van der Waals surface area (Å²) in [4.78, 5) is 0. The van der Waals surface area contributed by atoms with Crippen LogP contribution < -0.4 is 11.2 Å². The van der Waals surface area contributed by atoms with E-state index in [-0.39, 0.29) is 11.2 Å². The van der Waals surface area contributed by atoms with Gasteiger partial charge in [-0.25, -0.2) is 0 Å². The van der Waals surface area contributed by atoms with E-state index >= 15 is 0 Å². The summed E-state index contributed by atoms with van der Waals surface area (Å²) >= 11 is 0. The molecule has 5 heavy (non-hydrogen) atoms. The highest BCUT2D eigenvalue weighted by molar-refractivity contribution is 3.86. The predicted octanol–water partition coefficient (Wildman–Crippen LogP) is -1.21. The highest BCUT2D eigenvalue weighted by Gasteiger charge is 1.49. The van der Waals surface area contributed by atoms with E-state index in [0.29, 0.717) is 0 Å². The molecule has 0 aromatic rings. The topological polar surface area (TPSA) is 62.5 Å². The molecule has 0 heterocycles. The lowest BCUT2D eigenvalue weighted by atomic mass is 11.2. The van der Waals surface area contributed by atoms with Crippen molar-refractivity contribution >= 4 is 0 Å². The number of rotatable bonds is 0. The van der Waals surface area contributed by atoms with Crippen LogP contribution in [0.15, 0.2) is 0 Å². The Morgan fingerprint density at radius 2 is 1.40 bits per heavy atom. The van der Waals surface area contributed by atoms with Gasteiger partial charge < -0.3 is 16.4 Å². The third-order valence-corrected chi connectivity index (χ3v) is 0. The fourth-order valence-electron chi connectivity index (χ4n) is 0. The van der Waals surface area contributed by atoms with Gasteiger partial charge in [0.2, 0.25) is 0 Å². The lowest BCUT2D eigenvalue weighted by molar-refractivity contribution is -0.802. The molecule has 0 fully saturated rings. The third-order valence-electron chi connectivity index (χ3n) is 0. The van der Waals surface area contributed by atoms with E-state index in [2.05, 4.69) is 0 Å². The third kappa shape index (κ3) is 952. The van der Waals surface area contributed by atoms with Gasteiger partial charge in [-0.05, 0) is 0 Å². The molecule has 0 aromatic carbocycles. The Balaban J connectivity index is 0. The minimum absolute atomic E-state index is 0. The monoisotopic (exact) mass is 78.1 g/mol. The van der Waals surface area contributed by atoms with E-state index in [1.807, 2.05) is 0 Å². The van der Waals surface area contributed by atoms with Crippen molar-refractivity contribution in [1.82, 2.24) is 6.15 Å². The van der Waals surface area contributed by atoms with Gasteiger partial charge >= 0.3 is 0 Å². The zero-order valence-electron chi connectivity index (χ0n) is 3.62. The number of hydrogen-bond acceptors (Lipinski definition) is 2. The molecule has 0 radical (unpaired) electrons. The Kier molecular flexibility index (Phi) is 6.87. The SMILES string of the molecule is C[NH+](C)[O-].N. The minimum Gasteiger partial charge on any atom is -0.635 e. The summed E-state index contributed by atoms with van der Waals surface area (Å²) in [5.74, 6) is 0. The maximum absolute atomic E-state index is 9.44. The summed E-state index contributed by atoms with van der Waals surface area (Å²) in [7, 11) is 3.06. The van der Waals surface area contributed by atoms with Crippen molar-refractivity contribution < 1.29 is 5.06 Å². The van der Waals surface area contributed by atoms with E-state index < -0.39 is 0 Å². The molecule has 4 N–H and O–H groups in total. The predicted molar refractivity (Wildman–Crippen MR) is 21.2 cm³/mol. The number of hydrogen-bond donors (Lipinski definition) is 2. The van der Waals surface area contributed by atoms with E-state index in [4.69, 9.17) is 0 Å². The molecule has 0 spiro atoms. The first kappa shape index (κ1) is 8.86. The smallest absolute Gasteiger partial charge is 0.0660 e. The molecule has 0 atom stereocenters. The Hall–Kier alpha value is -0.120. The molecule has 0 aliphatic heterocycles. The average Bonchev–Trinajstić information content (AvgIpc) is 0.811. The van der Waals surface area contributed by atoms with Gasteiger partial charge in [-0.1, -0.05) is 0 Å². The number of nitrogens with one attached hydrogen (secondary N) is 1. The van der Waals surface area contributed by atoms with Crippen molar-refractivity contribution in [1.29, 1.82) is 0 Å². The Morgan fingerprint density at radius 3 is 1.40 bits per heavy atom. The van der Waals surface area contributed by atoms with Crippen molar-refractivity contribution in [2.24, 2.45) is 0 Å². The highest BCUT2D eigenvalue weighted by Crippen LogP contribution is 0.931. The highest BCUT2D eigenvalue weighted by atomic mass is 16.5. The maximum atomic E-state index is 9.44. The Morgan fingerprint density at radius 1 is 1.40 bits per heavy atom. The van der Waals surface area contributed by atoms with Crippen LogP contribution in [0.1, 0.15) is 0 Å². The van der Waals surface area contributed by atoms with Crippen LogP contribution in [-0.2, 0) is 0 Å². The van der Waals surface area contributed by atoms with Gasteiger partial charge in [0.15, 0.2) is 0 Å². The number of hydroxylamine groups is 2. The molecule has 0 saturated heterocycles. The van der Waals surface area contributed by atoms with E-state index in [1.165, 1.54) is 14.1 Å². The second-order valence-electron chi connectivity index (χ2n) is 0.908. The molecule has 0 unspecified atom stereocenters. The van der Waals surface area contributed by atoms with Crippen molar-refractivity contribution in [3.05, 3.63) is 5.21 Å². The second-order valence-corrected chi connectivity index (χ2v) is 0.908. The standard InChI is InChI=1S/C2H7NO.H3N/c1-3(2)4;/h3H,1-2H3;1H3. The molecule has 0 aromatic heterocycles. The molecule has 0 saturated carbocycles. The lowest BCUT2D eigenvalue weighted by Gasteiger charge is -2.04. The van der Waals surface area contributed by atoms with Crippen LogP contribution in [0.2, 0.25) is 0 Å². The van der Waals surface area contributed by atoms with E-state index in [0.717, 1.165) is 0 Å². The lowest BCUT2D eigenvalue weighted by Crippen LogP contribution is -3.00. The van der Waals surface area contributed by atoms with Crippen molar-refractivity contribution in [2.45, 2.75) is 0 Å². The molecule has 0 aliphatic rings. The van der Waals surface area contributed by atoms with Gasteiger partial charge in [0.05, 0.1) is 14.1 Å². The molecule has 0 rings (SSSR count). The Labute approximate surface area is 31.7 Å². The van der Waals surface area contributed by atoms with Gasteiger partial charge in [-0.3, -0.25) is 0 Å². The molecule has 0 amide bonds. The van der Waals surface area contributed by atoms with Crippen LogP contribution in [-0.4, -0.2) is 14.1 Å². The zero-order chi connectivity index (χ0) is 3.58. The fraction of sp³-hybridized carbons (Fsp3) is 1.00. The molecule has 34 valence electrons. The molecular weight excluding hydrogens is 68.0 g/mol. The largest absolute Gasteiger partial charge is 0.635 e. The van der Waals surface area contributed by atoms with Crippen LogP contribution in [0.4, 0.5) is 0 Å². The molecular formula is C2H10N2O. The summed E-state index contributed by atoms with van der Waals surface area (Å²) in [5.41, 5.74) is 0. The van der Waals surface area contributed by atoms with Gasteiger partial charge in [-0.2, -0.15) is 0 Å². The van der Waals surface area contributed by atoms with Crippen LogP contribution in [0.5, 0.6) is 0 Å². The summed E-state index contributed by atoms with van der Waals surface area (Å²) in [6.45, 7) is 0. The summed E-state index contributed by atoms with van der Waals surface area (Å²) in [6, 6.07) is 0. The molecule has 3 heteroatoms. The van der Waals surface area contributed by atoms with Crippen LogP contribution in [0, 0.1) is 5.21 Å². The first-order valence-corrected chi connectivity index (χ1v) is 1.20. The van der Waals surface area contributed by atoms with E-state index in [9.17, 15) is 5.21 Å². The van der Waals surface area contributed by atoms with E-state index in [1.54, 1.807) is 0 Å². The summed E-state index contributed by atoms with van der Waals surface area (Å²) < 4.78 is 0. The maximum Gasteiger partial charge on any atom is 0.0660 e. The van der Waals surface area contributed by atoms with Crippen molar-refractivity contribution in [3.63, 3.8) is 0 Å².